The summed E-state index contributed by atoms with van der Waals surface area (Å²) >= 11 is 0. The lowest BCUT2D eigenvalue weighted by Crippen LogP contribution is -2.41. The van der Waals surface area contributed by atoms with Crippen molar-refractivity contribution in [1.82, 2.24) is 15.6 Å². The van der Waals surface area contributed by atoms with Crippen LogP contribution in [0.5, 0.6) is 11.5 Å². The molecule has 0 aliphatic rings. The van der Waals surface area contributed by atoms with E-state index in [0.717, 1.165) is 28.7 Å². The van der Waals surface area contributed by atoms with Gasteiger partial charge in [0.2, 0.25) is 0 Å². The van der Waals surface area contributed by atoms with Crippen LogP contribution >= 0.6 is 24.0 Å². The van der Waals surface area contributed by atoms with Crippen LogP contribution in [0, 0.1) is 0 Å². The fourth-order valence-electron chi connectivity index (χ4n) is 2.82. The van der Waals surface area contributed by atoms with E-state index in [9.17, 15) is 0 Å². The van der Waals surface area contributed by atoms with Gasteiger partial charge >= 0.3 is 0 Å². The SMILES string of the molecule is CN=C(NCc1cc2ccccc2[nH]1)NCC(C)Oc1cccc(OC)c1.I. The molecule has 0 saturated heterocycles. The highest BCUT2D eigenvalue weighted by Crippen LogP contribution is 2.19. The molecule has 0 bridgehead atoms. The highest BCUT2D eigenvalue weighted by Gasteiger charge is 2.07. The zero-order valence-corrected chi connectivity index (χ0v) is 18.7. The zero-order valence-electron chi connectivity index (χ0n) is 16.4. The quantitative estimate of drug-likeness (QED) is 0.265. The number of aliphatic imine (C=N–C) groups is 1. The summed E-state index contributed by atoms with van der Waals surface area (Å²) in [6.07, 6.45) is -0.0243. The Morgan fingerprint density at radius 3 is 2.61 bits per heavy atom. The van der Waals surface area contributed by atoms with E-state index in [0.29, 0.717) is 13.1 Å². The van der Waals surface area contributed by atoms with Crippen molar-refractivity contribution in [2.75, 3.05) is 20.7 Å². The molecule has 28 heavy (non-hydrogen) atoms. The first-order chi connectivity index (χ1) is 13.2. The molecule has 3 N–H and O–H groups in total. The number of guanidine groups is 1. The van der Waals surface area contributed by atoms with E-state index in [2.05, 4.69) is 38.8 Å². The number of methoxy groups -OCH3 is 1. The molecule has 0 saturated carbocycles. The molecule has 0 aliphatic carbocycles. The number of aromatic amines is 1. The second-order valence-electron chi connectivity index (χ2n) is 6.30. The van der Waals surface area contributed by atoms with Crippen LogP contribution < -0.4 is 20.1 Å². The first kappa shape index (κ1) is 21.9. The third-order valence-corrected chi connectivity index (χ3v) is 4.19. The van der Waals surface area contributed by atoms with Crippen LogP contribution in [0.4, 0.5) is 0 Å². The Kier molecular flexibility index (Phi) is 8.43. The molecule has 0 radical (unpaired) electrons. The molecule has 1 heterocycles. The number of H-pyrrole nitrogens is 1. The molecule has 0 spiro atoms. The van der Waals surface area contributed by atoms with Gasteiger partial charge in [0.1, 0.15) is 17.6 Å². The molecule has 0 aliphatic heterocycles. The molecule has 1 atom stereocenters. The van der Waals surface area contributed by atoms with Crippen molar-refractivity contribution in [2.45, 2.75) is 19.6 Å². The van der Waals surface area contributed by atoms with Crippen molar-refractivity contribution in [2.24, 2.45) is 4.99 Å². The molecule has 6 nitrogen and oxygen atoms in total. The maximum Gasteiger partial charge on any atom is 0.191 e. The molecular weight excluding hydrogens is 467 g/mol. The highest BCUT2D eigenvalue weighted by atomic mass is 127. The lowest BCUT2D eigenvalue weighted by atomic mass is 10.2. The van der Waals surface area contributed by atoms with Crippen molar-refractivity contribution in [3.8, 4) is 11.5 Å². The number of nitrogens with one attached hydrogen (secondary N) is 3. The van der Waals surface area contributed by atoms with Crippen LogP contribution in [-0.4, -0.2) is 37.7 Å². The van der Waals surface area contributed by atoms with Crippen LogP contribution in [0.1, 0.15) is 12.6 Å². The van der Waals surface area contributed by atoms with Crippen LogP contribution in [0.25, 0.3) is 10.9 Å². The van der Waals surface area contributed by atoms with E-state index in [1.165, 1.54) is 5.39 Å². The topological polar surface area (TPSA) is 70.7 Å². The lowest BCUT2D eigenvalue weighted by molar-refractivity contribution is 0.223. The van der Waals surface area contributed by atoms with Gasteiger partial charge in [0, 0.05) is 24.3 Å². The molecule has 3 aromatic rings. The summed E-state index contributed by atoms with van der Waals surface area (Å²) in [6, 6.07) is 18.0. The van der Waals surface area contributed by atoms with Crippen molar-refractivity contribution in [3.63, 3.8) is 0 Å². The second kappa shape index (κ2) is 10.8. The van der Waals surface area contributed by atoms with E-state index in [1.807, 2.05) is 43.3 Å². The van der Waals surface area contributed by atoms with Gasteiger partial charge in [-0.3, -0.25) is 4.99 Å². The Morgan fingerprint density at radius 2 is 1.86 bits per heavy atom. The minimum atomic E-state index is -0.0243. The van der Waals surface area contributed by atoms with Gasteiger partial charge in [-0.05, 0) is 36.6 Å². The van der Waals surface area contributed by atoms with Crippen LogP contribution in [0.3, 0.4) is 0 Å². The number of nitrogens with zero attached hydrogens (tertiary/aromatic N) is 1. The number of aromatic nitrogens is 1. The van der Waals surface area contributed by atoms with Gasteiger partial charge < -0.3 is 25.1 Å². The molecule has 150 valence electrons. The number of rotatable bonds is 7. The smallest absolute Gasteiger partial charge is 0.191 e. The average molecular weight is 494 g/mol. The molecule has 0 amide bonds. The monoisotopic (exact) mass is 494 g/mol. The number of halogens is 1. The first-order valence-corrected chi connectivity index (χ1v) is 9.00. The molecule has 1 aromatic heterocycles. The Morgan fingerprint density at radius 1 is 1.07 bits per heavy atom. The standard InChI is InChI=1S/C21H26N4O2.HI/c1-15(27-19-9-6-8-18(12-19)26-3)13-23-21(22-2)24-14-17-11-16-7-4-5-10-20(16)25-17;/h4-12,15,25H,13-14H2,1-3H3,(H2,22,23,24);1H. The van der Waals surface area contributed by atoms with Crippen LogP contribution in [-0.2, 0) is 6.54 Å². The average Bonchev–Trinajstić information content (AvgIpc) is 3.11. The molecular formula is C21H27IN4O2. The summed E-state index contributed by atoms with van der Waals surface area (Å²) in [5.74, 6) is 2.29. The Hall–Kier alpha value is -2.42. The Balaban J connectivity index is 0.00000280. The van der Waals surface area contributed by atoms with Gasteiger partial charge in [0.05, 0.1) is 20.2 Å². The Bertz CT molecular complexity index is 877. The molecule has 0 fully saturated rings. The summed E-state index contributed by atoms with van der Waals surface area (Å²) in [7, 11) is 3.40. The van der Waals surface area contributed by atoms with Gasteiger partial charge in [0.25, 0.3) is 0 Å². The summed E-state index contributed by atoms with van der Waals surface area (Å²) < 4.78 is 11.1. The number of hydrogen-bond donors (Lipinski definition) is 3. The van der Waals surface area contributed by atoms with E-state index < -0.39 is 0 Å². The summed E-state index contributed by atoms with van der Waals surface area (Å²) in [6.45, 7) is 3.31. The highest BCUT2D eigenvalue weighted by molar-refractivity contribution is 14.0. The fourth-order valence-corrected chi connectivity index (χ4v) is 2.82. The number of para-hydroxylation sites is 1. The zero-order chi connectivity index (χ0) is 19.1. The van der Waals surface area contributed by atoms with E-state index in [4.69, 9.17) is 9.47 Å². The number of fused-ring (bicyclic) bond motifs is 1. The van der Waals surface area contributed by atoms with E-state index >= 15 is 0 Å². The van der Waals surface area contributed by atoms with Crippen molar-refractivity contribution >= 4 is 40.8 Å². The number of benzene rings is 2. The molecule has 2 aromatic carbocycles. The third-order valence-electron chi connectivity index (χ3n) is 4.19. The third kappa shape index (κ3) is 6.05. The first-order valence-electron chi connectivity index (χ1n) is 9.00. The van der Waals surface area contributed by atoms with E-state index in [1.54, 1.807) is 14.2 Å². The van der Waals surface area contributed by atoms with Gasteiger partial charge in [-0.2, -0.15) is 0 Å². The molecule has 7 heteroatoms. The Labute approximate surface area is 182 Å². The number of hydrogen-bond acceptors (Lipinski definition) is 3. The van der Waals surface area contributed by atoms with Crippen molar-refractivity contribution in [1.29, 1.82) is 0 Å². The van der Waals surface area contributed by atoms with E-state index in [-0.39, 0.29) is 30.1 Å². The predicted molar refractivity (Wildman–Crippen MR) is 125 cm³/mol. The maximum atomic E-state index is 5.92. The van der Waals surface area contributed by atoms with Gasteiger partial charge in [0.15, 0.2) is 5.96 Å². The summed E-state index contributed by atoms with van der Waals surface area (Å²) in [5, 5.41) is 7.81. The van der Waals surface area contributed by atoms with Crippen LogP contribution in [0.2, 0.25) is 0 Å². The maximum absolute atomic E-state index is 5.92. The largest absolute Gasteiger partial charge is 0.497 e. The van der Waals surface area contributed by atoms with Gasteiger partial charge in [-0.25, -0.2) is 0 Å². The van der Waals surface area contributed by atoms with Crippen molar-refractivity contribution < 1.29 is 9.47 Å². The minimum absolute atomic E-state index is 0. The van der Waals surface area contributed by atoms with Crippen LogP contribution in [0.15, 0.2) is 59.6 Å². The summed E-state index contributed by atoms with van der Waals surface area (Å²) in [4.78, 5) is 7.67. The van der Waals surface area contributed by atoms with Crippen molar-refractivity contribution in [3.05, 3.63) is 60.3 Å². The predicted octanol–water partition coefficient (Wildman–Crippen LogP) is 3.93. The minimum Gasteiger partial charge on any atom is -0.497 e. The second-order valence-corrected chi connectivity index (χ2v) is 6.30. The normalized spacial score (nSPS) is 12.2. The van der Waals surface area contributed by atoms with Gasteiger partial charge in [-0.1, -0.05) is 24.3 Å². The van der Waals surface area contributed by atoms with Gasteiger partial charge in [-0.15, -0.1) is 24.0 Å². The number of ether oxygens (including phenoxy) is 2. The molecule has 1 unspecified atom stereocenters. The molecule has 3 rings (SSSR count). The lowest BCUT2D eigenvalue weighted by Gasteiger charge is -2.18. The fraction of sp³-hybridized carbons (Fsp3) is 0.286. The summed E-state index contributed by atoms with van der Waals surface area (Å²) in [5.41, 5.74) is 2.25.